The van der Waals surface area contributed by atoms with E-state index in [9.17, 15) is 28.8 Å². The standard InChI is InChI=1S/C45H62N8O9/c1-31-28-32(29-37-41(31)48(4)44(58)61-37)30-38(62-45(59)52-20-15-35(16-21-52)53-22-12-33-8-5-6-9-36(33)46-43(53)57)42(56)51-25-23-49(24-26-51)34-13-18-50(19-14-34)39(54)10-11-40(55)60-27-7-17-47(2)3/h5-6,8-9,28-29,34-35,38H,7,10-27,30H2,1-4H3,(H,46,57)/t38-/m1/s1. The molecule has 1 N–H and O–H groups in total. The third kappa shape index (κ3) is 10.8. The van der Waals surface area contributed by atoms with Gasteiger partial charge in [0.05, 0.1) is 18.5 Å². The average molecular weight is 859 g/mol. The van der Waals surface area contributed by atoms with E-state index in [0.29, 0.717) is 95.0 Å². The minimum Gasteiger partial charge on any atom is -0.466 e. The minimum absolute atomic E-state index is 0.0334. The SMILES string of the molecule is Cc1cc(C[C@@H](OC(=O)N2CCC(N3CCc4ccccc4NC3=O)CC2)C(=O)N2CCN(C3CCN(C(=O)CCC(=O)OCCCN(C)C)CC3)CC2)cc2oc(=O)n(C)c12. The molecule has 4 aliphatic heterocycles. The van der Waals surface area contributed by atoms with Crippen LogP contribution in [0.15, 0.2) is 45.6 Å². The quantitative estimate of drug-likeness (QED) is 0.197. The van der Waals surface area contributed by atoms with Gasteiger partial charge in [-0.1, -0.05) is 24.3 Å². The summed E-state index contributed by atoms with van der Waals surface area (Å²) >= 11 is 0. The lowest BCUT2D eigenvalue weighted by molar-refractivity contribution is -0.146. The maximum absolute atomic E-state index is 14.4. The number of carbonyl (C=O) groups is 5. The second kappa shape index (κ2) is 20.2. The molecule has 4 aliphatic rings. The van der Waals surface area contributed by atoms with Crippen molar-refractivity contribution in [3.8, 4) is 0 Å². The van der Waals surface area contributed by atoms with E-state index in [1.807, 2.05) is 66.1 Å². The zero-order valence-electron chi connectivity index (χ0n) is 36.6. The molecule has 3 saturated heterocycles. The number of benzene rings is 2. The molecule has 0 saturated carbocycles. The lowest BCUT2D eigenvalue weighted by atomic mass is 10.0. The molecule has 1 aromatic heterocycles. The lowest BCUT2D eigenvalue weighted by Crippen LogP contribution is -2.57. The number of ether oxygens (including phenoxy) is 2. The first-order chi connectivity index (χ1) is 29.8. The predicted octanol–water partition coefficient (Wildman–Crippen LogP) is 3.45. The Morgan fingerprint density at radius 1 is 0.855 bits per heavy atom. The summed E-state index contributed by atoms with van der Waals surface area (Å²) in [5.41, 5.74) is 4.51. The topological polar surface area (TPSA) is 170 Å². The Morgan fingerprint density at radius 2 is 1.55 bits per heavy atom. The number of amides is 5. The lowest BCUT2D eigenvalue weighted by Gasteiger charge is -2.43. The van der Waals surface area contributed by atoms with Gasteiger partial charge in [0.15, 0.2) is 11.7 Å². The first-order valence-corrected chi connectivity index (χ1v) is 22.2. The first-order valence-electron chi connectivity index (χ1n) is 22.2. The summed E-state index contributed by atoms with van der Waals surface area (Å²) in [5, 5.41) is 3.04. The minimum atomic E-state index is -1.11. The Morgan fingerprint density at radius 3 is 2.27 bits per heavy atom. The molecule has 0 aliphatic carbocycles. The van der Waals surface area contributed by atoms with Crippen molar-refractivity contribution in [1.82, 2.24) is 34.0 Å². The number of rotatable bonds is 13. The van der Waals surface area contributed by atoms with E-state index < -0.39 is 18.0 Å². The highest BCUT2D eigenvalue weighted by Gasteiger charge is 2.37. The maximum atomic E-state index is 14.4. The number of aryl methyl sites for hydroxylation is 2. The van der Waals surface area contributed by atoms with Gasteiger partial charge in [0.1, 0.15) is 0 Å². The molecule has 0 radical (unpaired) electrons. The number of para-hydroxylation sites is 1. The Balaban J connectivity index is 0.928. The van der Waals surface area contributed by atoms with Gasteiger partial charge < -0.3 is 43.7 Å². The van der Waals surface area contributed by atoms with Gasteiger partial charge >= 0.3 is 23.8 Å². The monoisotopic (exact) mass is 858 g/mol. The molecule has 0 bridgehead atoms. The second-order valence-electron chi connectivity index (χ2n) is 17.4. The summed E-state index contributed by atoms with van der Waals surface area (Å²) in [6.07, 6.45) is 2.91. The third-order valence-electron chi connectivity index (χ3n) is 12.9. The van der Waals surface area contributed by atoms with Crippen LogP contribution in [0.5, 0.6) is 0 Å². The van der Waals surface area contributed by atoms with Crippen LogP contribution in [-0.2, 0) is 43.7 Å². The van der Waals surface area contributed by atoms with Crippen LogP contribution < -0.4 is 11.1 Å². The molecular formula is C45H62N8O9. The smallest absolute Gasteiger partial charge is 0.419 e. The number of piperazine rings is 1. The number of hydrogen-bond acceptors (Lipinski definition) is 11. The van der Waals surface area contributed by atoms with Crippen molar-refractivity contribution in [2.75, 3.05) is 91.5 Å². The molecule has 2 aromatic carbocycles. The number of oxazole rings is 1. The molecule has 336 valence electrons. The zero-order valence-corrected chi connectivity index (χ0v) is 36.6. The van der Waals surface area contributed by atoms with E-state index in [4.69, 9.17) is 13.9 Å². The molecule has 17 heteroatoms. The fourth-order valence-electron chi connectivity index (χ4n) is 9.38. The van der Waals surface area contributed by atoms with Crippen molar-refractivity contribution in [2.45, 2.75) is 82.9 Å². The van der Waals surface area contributed by atoms with Crippen LogP contribution in [0.3, 0.4) is 0 Å². The van der Waals surface area contributed by atoms with Crippen LogP contribution in [0.2, 0.25) is 0 Å². The molecule has 17 nitrogen and oxygen atoms in total. The summed E-state index contributed by atoms with van der Waals surface area (Å²) in [6, 6.07) is 11.5. The van der Waals surface area contributed by atoms with E-state index >= 15 is 0 Å². The number of carbonyl (C=O) groups excluding carboxylic acids is 5. The average Bonchev–Trinajstić information content (AvgIpc) is 3.45. The Bertz CT molecular complexity index is 2150. The molecule has 62 heavy (non-hydrogen) atoms. The maximum Gasteiger partial charge on any atom is 0.419 e. The van der Waals surface area contributed by atoms with Gasteiger partial charge in [-0.15, -0.1) is 0 Å². The van der Waals surface area contributed by atoms with Crippen LogP contribution in [-0.4, -0.2) is 168 Å². The summed E-state index contributed by atoms with van der Waals surface area (Å²) in [6.45, 7) is 7.85. The number of piperidine rings is 2. The van der Waals surface area contributed by atoms with Gasteiger partial charge in [-0.25, -0.2) is 14.4 Å². The number of nitrogens with one attached hydrogen (secondary N) is 1. The number of esters is 1. The Hall–Kier alpha value is -5.42. The van der Waals surface area contributed by atoms with E-state index in [-0.39, 0.29) is 55.2 Å². The van der Waals surface area contributed by atoms with Crippen molar-refractivity contribution in [3.05, 3.63) is 63.6 Å². The summed E-state index contributed by atoms with van der Waals surface area (Å²) < 4.78 is 18.3. The zero-order chi connectivity index (χ0) is 43.9. The highest BCUT2D eigenvalue weighted by Crippen LogP contribution is 2.27. The van der Waals surface area contributed by atoms with E-state index in [0.717, 1.165) is 49.0 Å². The first kappa shape index (κ1) is 44.6. The molecule has 3 aromatic rings. The highest BCUT2D eigenvalue weighted by molar-refractivity contribution is 5.91. The Labute approximate surface area is 362 Å². The predicted molar refractivity (Wildman–Crippen MR) is 232 cm³/mol. The molecule has 3 fully saturated rings. The molecule has 7 rings (SSSR count). The van der Waals surface area contributed by atoms with Gasteiger partial charge in [-0.2, -0.15) is 0 Å². The highest BCUT2D eigenvalue weighted by atomic mass is 16.6. The number of hydrogen-bond donors (Lipinski definition) is 1. The van der Waals surface area contributed by atoms with Crippen LogP contribution in [0.1, 0.15) is 61.6 Å². The van der Waals surface area contributed by atoms with Crippen molar-refractivity contribution < 1.29 is 37.9 Å². The number of anilines is 1. The number of nitrogens with zero attached hydrogens (tertiary/aromatic N) is 7. The van der Waals surface area contributed by atoms with Crippen LogP contribution in [0.4, 0.5) is 15.3 Å². The van der Waals surface area contributed by atoms with Crippen LogP contribution in [0.25, 0.3) is 11.1 Å². The molecular weight excluding hydrogens is 797 g/mol. The normalized spacial score (nSPS) is 18.7. The van der Waals surface area contributed by atoms with Gasteiger partial charge in [0, 0.05) is 103 Å². The Kier molecular flexibility index (Phi) is 14.5. The fourth-order valence-corrected chi connectivity index (χ4v) is 9.38. The van der Waals surface area contributed by atoms with Crippen LogP contribution in [0, 0.1) is 6.92 Å². The van der Waals surface area contributed by atoms with Crippen molar-refractivity contribution in [1.29, 1.82) is 0 Å². The van der Waals surface area contributed by atoms with Crippen molar-refractivity contribution >= 4 is 46.7 Å². The largest absolute Gasteiger partial charge is 0.466 e. The number of aromatic nitrogens is 1. The number of fused-ring (bicyclic) bond motifs is 2. The summed E-state index contributed by atoms with van der Waals surface area (Å²) in [7, 11) is 5.58. The number of likely N-dealkylation sites (tertiary alicyclic amines) is 2. The third-order valence-corrected chi connectivity index (χ3v) is 12.9. The van der Waals surface area contributed by atoms with Gasteiger partial charge in [0.2, 0.25) is 5.91 Å². The van der Waals surface area contributed by atoms with Crippen LogP contribution >= 0.6 is 0 Å². The fraction of sp³-hybridized carbons (Fsp3) is 0.600. The summed E-state index contributed by atoms with van der Waals surface area (Å²) in [5.74, 6) is -1.14. The molecule has 5 amide bonds. The molecule has 0 unspecified atom stereocenters. The van der Waals surface area contributed by atoms with Gasteiger partial charge in [-0.05, 0) is 88.4 Å². The van der Waals surface area contributed by atoms with E-state index in [1.165, 1.54) is 4.57 Å². The second-order valence-corrected chi connectivity index (χ2v) is 17.4. The molecule has 0 spiro atoms. The molecule has 1 atom stereocenters. The van der Waals surface area contributed by atoms with Gasteiger partial charge in [0.25, 0.3) is 5.91 Å². The van der Waals surface area contributed by atoms with Crippen molar-refractivity contribution in [2.24, 2.45) is 7.05 Å². The van der Waals surface area contributed by atoms with Gasteiger partial charge in [-0.3, -0.25) is 23.9 Å². The van der Waals surface area contributed by atoms with E-state index in [2.05, 4.69) is 10.2 Å². The van der Waals surface area contributed by atoms with Crippen molar-refractivity contribution in [3.63, 3.8) is 0 Å². The van der Waals surface area contributed by atoms with E-state index in [1.54, 1.807) is 22.9 Å². The number of urea groups is 1. The molecule has 5 heterocycles. The summed E-state index contributed by atoms with van der Waals surface area (Å²) in [4.78, 5) is 90.3.